The number of nitrogens with zero attached hydrogens (tertiary/aromatic N) is 1. The highest BCUT2D eigenvalue weighted by molar-refractivity contribution is 4.62. The molecular formula is C15H33NO2. The lowest BCUT2D eigenvalue weighted by atomic mass is 10.1. The van der Waals surface area contributed by atoms with Gasteiger partial charge < -0.3 is 14.7 Å². The van der Waals surface area contributed by atoms with Gasteiger partial charge in [0.25, 0.3) is 0 Å². The molecule has 0 aromatic heterocycles. The smallest absolute Gasteiger partial charge is 0.0478 e. The summed E-state index contributed by atoms with van der Waals surface area (Å²) in [6, 6.07) is 0. The molecule has 0 bridgehead atoms. The van der Waals surface area contributed by atoms with Crippen molar-refractivity contribution in [1.82, 2.24) is 4.90 Å². The minimum atomic E-state index is 0.278. The minimum Gasteiger partial charge on any atom is -0.396 e. The van der Waals surface area contributed by atoms with Gasteiger partial charge in [-0.15, -0.1) is 0 Å². The molecule has 110 valence electrons. The molecule has 0 rings (SSSR count). The van der Waals surface area contributed by atoms with Crippen molar-refractivity contribution in [3.05, 3.63) is 0 Å². The number of unbranched alkanes of at least 4 members (excludes halogenated alkanes) is 1. The van der Waals surface area contributed by atoms with Crippen LogP contribution < -0.4 is 0 Å². The van der Waals surface area contributed by atoms with Crippen molar-refractivity contribution in [2.45, 2.75) is 47.0 Å². The highest BCUT2D eigenvalue weighted by atomic mass is 16.5. The Morgan fingerprint density at radius 1 is 0.889 bits per heavy atom. The van der Waals surface area contributed by atoms with Gasteiger partial charge in [0.2, 0.25) is 0 Å². The first-order valence-corrected chi connectivity index (χ1v) is 7.47. The van der Waals surface area contributed by atoms with Crippen LogP contribution in [0.4, 0.5) is 0 Å². The summed E-state index contributed by atoms with van der Waals surface area (Å²) in [6.45, 7) is 14.5. The lowest BCUT2D eigenvalue weighted by molar-refractivity contribution is 0.109. The second kappa shape index (κ2) is 11.9. The highest BCUT2D eigenvalue weighted by Crippen LogP contribution is 2.04. The molecular weight excluding hydrogens is 226 g/mol. The summed E-state index contributed by atoms with van der Waals surface area (Å²) in [7, 11) is 0. The topological polar surface area (TPSA) is 32.7 Å². The van der Waals surface area contributed by atoms with E-state index < -0.39 is 0 Å². The first-order valence-electron chi connectivity index (χ1n) is 7.47. The van der Waals surface area contributed by atoms with E-state index in [1.54, 1.807) is 0 Å². The van der Waals surface area contributed by atoms with Crippen molar-refractivity contribution in [3.63, 3.8) is 0 Å². The second-order valence-electron chi connectivity index (χ2n) is 5.94. The molecule has 1 N–H and O–H groups in total. The molecule has 0 aliphatic heterocycles. The van der Waals surface area contributed by atoms with Gasteiger partial charge in [-0.05, 0) is 31.1 Å². The zero-order valence-electron chi connectivity index (χ0n) is 12.8. The maximum absolute atomic E-state index is 8.65. The van der Waals surface area contributed by atoms with E-state index in [0.717, 1.165) is 50.9 Å². The van der Waals surface area contributed by atoms with Crippen LogP contribution in [-0.4, -0.2) is 49.5 Å². The van der Waals surface area contributed by atoms with Gasteiger partial charge in [0, 0.05) is 39.5 Å². The summed E-state index contributed by atoms with van der Waals surface area (Å²) in [6.07, 6.45) is 2.93. The summed E-state index contributed by atoms with van der Waals surface area (Å²) in [5, 5.41) is 8.65. The third-order valence-corrected chi connectivity index (χ3v) is 2.71. The Balaban J connectivity index is 3.56. The van der Waals surface area contributed by atoms with Gasteiger partial charge >= 0.3 is 0 Å². The SMILES string of the molecule is CC(C)CN(CCCOCCCCO)CC(C)C. The standard InChI is InChI=1S/C15H33NO2/c1-14(2)12-16(13-15(3)4)8-7-11-18-10-6-5-9-17/h14-15,17H,5-13H2,1-4H3. The Bertz CT molecular complexity index is 162. The summed E-state index contributed by atoms with van der Waals surface area (Å²) >= 11 is 0. The zero-order chi connectivity index (χ0) is 13.8. The molecule has 0 aromatic carbocycles. The van der Waals surface area contributed by atoms with Gasteiger partial charge in [-0.1, -0.05) is 27.7 Å². The minimum absolute atomic E-state index is 0.278. The number of aliphatic hydroxyl groups excluding tert-OH is 1. The fourth-order valence-corrected chi connectivity index (χ4v) is 2.10. The van der Waals surface area contributed by atoms with Crippen molar-refractivity contribution in [2.24, 2.45) is 11.8 Å². The maximum atomic E-state index is 8.65. The van der Waals surface area contributed by atoms with E-state index in [1.165, 1.54) is 13.1 Å². The van der Waals surface area contributed by atoms with E-state index in [2.05, 4.69) is 32.6 Å². The predicted molar refractivity (Wildman–Crippen MR) is 77.9 cm³/mol. The quantitative estimate of drug-likeness (QED) is 0.547. The van der Waals surface area contributed by atoms with E-state index in [-0.39, 0.29) is 6.61 Å². The molecule has 0 atom stereocenters. The van der Waals surface area contributed by atoms with Crippen molar-refractivity contribution >= 4 is 0 Å². The molecule has 3 nitrogen and oxygen atoms in total. The molecule has 0 aliphatic carbocycles. The second-order valence-corrected chi connectivity index (χ2v) is 5.94. The normalized spacial score (nSPS) is 12.0. The van der Waals surface area contributed by atoms with Crippen LogP contribution in [0.1, 0.15) is 47.0 Å². The molecule has 0 fully saturated rings. The zero-order valence-corrected chi connectivity index (χ0v) is 12.8. The monoisotopic (exact) mass is 259 g/mol. The first kappa shape index (κ1) is 17.9. The molecule has 0 aliphatic rings. The largest absolute Gasteiger partial charge is 0.396 e. The van der Waals surface area contributed by atoms with Crippen LogP contribution in [0.15, 0.2) is 0 Å². The van der Waals surface area contributed by atoms with Crippen LogP contribution in [0.25, 0.3) is 0 Å². The van der Waals surface area contributed by atoms with Crippen molar-refractivity contribution in [1.29, 1.82) is 0 Å². The summed E-state index contributed by atoms with van der Waals surface area (Å²) in [5.41, 5.74) is 0. The van der Waals surface area contributed by atoms with Crippen LogP contribution in [0.3, 0.4) is 0 Å². The first-order chi connectivity index (χ1) is 8.56. The summed E-state index contributed by atoms with van der Waals surface area (Å²) < 4.78 is 5.56. The molecule has 3 heteroatoms. The highest BCUT2D eigenvalue weighted by Gasteiger charge is 2.08. The van der Waals surface area contributed by atoms with Gasteiger partial charge in [0.05, 0.1) is 0 Å². The van der Waals surface area contributed by atoms with Gasteiger partial charge in [0.15, 0.2) is 0 Å². The van der Waals surface area contributed by atoms with Gasteiger partial charge in [-0.2, -0.15) is 0 Å². The van der Waals surface area contributed by atoms with Crippen LogP contribution in [0, 0.1) is 11.8 Å². The van der Waals surface area contributed by atoms with Gasteiger partial charge in [-0.3, -0.25) is 0 Å². The third-order valence-electron chi connectivity index (χ3n) is 2.71. The molecule has 0 saturated carbocycles. The molecule has 18 heavy (non-hydrogen) atoms. The number of aliphatic hydroxyl groups is 1. The molecule has 0 radical (unpaired) electrons. The Labute approximate surface area is 114 Å². The van der Waals surface area contributed by atoms with E-state index in [1.807, 2.05) is 0 Å². The average molecular weight is 259 g/mol. The molecule has 0 amide bonds. The van der Waals surface area contributed by atoms with Crippen LogP contribution >= 0.6 is 0 Å². The van der Waals surface area contributed by atoms with Crippen molar-refractivity contribution in [2.75, 3.05) is 39.5 Å². The van der Waals surface area contributed by atoms with Crippen LogP contribution in [0.2, 0.25) is 0 Å². The molecule has 0 aromatic rings. The Morgan fingerprint density at radius 2 is 1.44 bits per heavy atom. The predicted octanol–water partition coefficient (Wildman–Crippen LogP) is 2.78. The Morgan fingerprint density at radius 3 is 1.94 bits per heavy atom. The van der Waals surface area contributed by atoms with E-state index >= 15 is 0 Å². The third kappa shape index (κ3) is 12.3. The summed E-state index contributed by atoms with van der Waals surface area (Å²) in [4.78, 5) is 2.55. The van der Waals surface area contributed by atoms with E-state index in [0.29, 0.717) is 0 Å². The van der Waals surface area contributed by atoms with Gasteiger partial charge in [0.1, 0.15) is 0 Å². The molecule has 0 unspecified atom stereocenters. The summed E-state index contributed by atoms with van der Waals surface area (Å²) in [5.74, 6) is 1.46. The molecule has 0 spiro atoms. The van der Waals surface area contributed by atoms with E-state index in [4.69, 9.17) is 9.84 Å². The van der Waals surface area contributed by atoms with Crippen LogP contribution in [0.5, 0.6) is 0 Å². The molecule has 0 heterocycles. The fourth-order valence-electron chi connectivity index (χ4n) is 2.10. The van der Waals surface area contributed by atoms with E-state index in [9.17, 15) is 0 Å². The van der Waals surface area contributed by atoms with Crippen molar-refractivity contribution in [3.8, 4) is 0 Å². The van der Waals surface area contributed by atoms with Crippen molar-refractivity contribution < 1.29 is 9.84 Å². The lowest BCUT2D eigenvalue weighted by Gasteiger charge is -2.26. The molecule has 0 saturated heterocycles. The maximum Gasteiger partial charge on any atom is 0.0478 e. The number of ether oxygens (including phenoxy) is 1. The van der Waals surface area contributed by atoms with Gasteiger partial charge in [-0.25, -0.2) is 0 Å². The van der Waals surface area contributed by atoms with Crippen LogP contribution in [-0.2, 0) is 4.74 Å². The number of hydrogen-bond donors (Lipinski definition) is 1. The Kier molecular flexibility index (Phi) is 11.9. The number of hydrogen-bond acceptors (Lipinski definition) is 3. The lowest BCUT2D eigenvalue weighted by Crippen LogP contribution is -2.32. The number of rotatable bonds is 12. The average Bonchev–Trinajstić information content (AvgIpc) is 2.26. The fraction of sp³-hybridized carbons (Fsp3) is 1.00. The Hall–Kier alpha value is -0.120.